The lowest BCUT2D eigenvalue weighted by Crippen LogP contribution is -2.51. The standard InChI is InChI=1S/C24H35N3O5S/c1-4-18-10-6-7-12-27(18)24(29)17-9-8-11-26(15-17)33(30,31)22-14-21-19(13-16(22)3)25-23(28)20(5-2)32-21/h13-14,17-18,20H,4-12,15H2,1-3H3,(H,25,28)/t17-,18+,20-/m0/s1. The number of hydrogen-bond acceptors (Lipinski definition) is 5. The molecule has 1 aromatic rings. The number of hydrogen-bond donors (Lipinski definition) is 1. The Bertz CT molecular complexity index is 1030. The lowest BCUT2D eigenvalue weighted by atomic mass is 9.93. The number of aryl methyl sites for hydroxylation is 1. The lowest BCUT2D eigenvalue weighted by Gasteiger charge is -2.40. The van der Waals surface area contributed by atoms with E-state index in [1.165, 1.54) is 10.4 Å². The summed E-state index contributed by atoms with van der Waals surface area (Å²) in [4.78, 5) is 27.6. The van der Waals surface area contributed by atoms with Crippen LogP contribution >= 0.6 is 0 Å². The van der Waals surface area contributed by atoms with Crippen molar-refractivity contribution in [1.82, 2.24) is 9.21 Å². The van der Waals surface area contributed by atoms with Crippen molar-refractivity contribution in [3.8, 4) is 5.75 Å². The van der Waals surface area contributed by atoms with Crippen LogP contribution in [0.15, 0.2) is 17.0 Å². The second-order valence-electron chi connectivity index (χ2n) is 9.41. The third-order valence-corrected chi connectivity index (χ3v) is 9.21. The number of likely N-dealkylation sites (tertiary alicyclic amines) is 1. The van der Waals surface area contributed by atoms with E-state index in [1.807, 2.05) is 11.8 Å². The Morgan fingerprint density at radius 2 is 1.91 bits per heavy atom. The minimum atomic E-state index is -3.81. The van der Waals surface area contributed by atoms with Crippen LogP contribution in [0.2, 0.25) is 0 Å². The molecule has 3 atom stereocenters. The van der Waals surface area contributed by atoms with E-state index in [-0.39, 0.29) is 35.2 Å². The Morgan fingerprint density at radius 3 is 2.64 bits per heavy atom. The summed E-state index contributed by atoms with van der Waals surface area (Å²) in [6.45, 7) is 7.05. The smallest absolute Gasteiger partial charge is 0.265 e. The summed E-state index contributed by atoms with van der Waals surface area (Å²) in [6, 6.07) is 3.43. The van der Waals surface area contributed by atoms with Crippen LogP contribution in [0.25, 0.3) is 0 Å². The number of benzene rings is 1. The normalized spacial score (nSPS) is 26.3. The molecule has 0 spiro atoms. The molecule has 2 amide bonds. The van der Waals surface area contributed by atoms with E-state index >= 15 is 0 Å². The first kappa shape index (κ1) is 24.0. The van der Waals surface area contributed by atoms with E-state index in [4.69, 9.17) is 4.74 Å². The molecule has 0 radical (unpaired) electrons. The Hall–Kier alpha value is -2.13. The zero-order valence-corrected chi connectivity index (χ0v) is 20.6. The van der Waals surface area contributed by atoms with E-state index in [9.17, 15) is 18.0 Å². The molecule has 33 heavy (non-hydrogen) atoms. The average Bonchev–Trinajstić information content (AvgIpc) is 2.82. The number of amides is 2. The quantitative estimate of drug-likeness (QED) is 0.702. The minimum absolute atomic E-state index is 0.0976. The van der Waals surface area contributed by atoms with Crippen LogP contribution in [-0.4, -0.2) is 61.2 Å². The highest BCUT2D eigenvalue weighted by molar-refractivity contribution is 7.89. The Balaban J connectivity index is 1.56. The zero-order valence-electron chi connectivity index (χ0n) is 19.8. The molecule has 0 saturated carbocycles. The Morgan fingerprint density at radius 1 is 1.12 bits per heavy atom. The molecular formula is C24H35N3O5S. The molecule has 1 N–H and O–H groups in total. The van der Waals surface area contributed by atoms with E-state index in [0.29, 0.717) is 42.8 Å². The molecule has 0 unspecified atom stereocenters. The summed E-state index contributed by atoms with van der Waals surface area (Å²) >= 11 is 0. The van der Waals surface area contributed by atoms with Crippen LogP contribution in [0.5, 0.6) is 5.75 Å². The summed E-state index contributed by atoms with van der Waals surface area (Å²) < 4.78 is 34.5. The maximum absolute atomic E-state index is 13.6. The molecule has 3 aliphatic rings. The molecule has 4 rings (SSSR count). The van der Waals surface area contributed by atoms with Gasteiger partial charge in [-0.3, -0.25) is 9.59 Å². The van der Waals surface area contributed by atoms with Gasteiger partial charge >= 0.3 is 0 Å². The maximum atomic E-state index is 13.6. The minimum Gasteiger partial charge on any atom is -0.478 e. The fourth-order valence-electron chi connectivity index (χ4n) is 5.28. The molecule has 3 heterocycles. The Labute approximate surface area is 196 Å². The third-order valence-electron chi connectivity index (χ3n) is 7.20. The highest BCUT2D eigenvalue weighted by Crippen LogP contribution is 2.37. The van der Waals surface area contributed by atoms with E-state index < -0.39 is 16.1 Å². The van der Waals surface area contributed by atoms with Crippen LogP contribution in [0.3, 0.4) is 0 Å². The van der Waals surface area contributed by atoms with Gasteiger partial charge in [-0.2, -0.15) is 4.31 Å². The number of rotatable bonds is 5. The lowest BCUT2D eigenvalue weighted by molar-refractivity contribution is -0.140. The van der Waals surface area contributed by atoms with Crippen molar-refractivity contribution >= 4 is 27.5 Å². The molecule has 2 saturated heterocycles. The largest absolute Gasteiger partial charge is 0.478 e. The fourth-order valence-corrected chi connectivity index (χ4v) is 7.03. The molecule has 1 aromatic carbocycles. The predicted molar refractivity (Wildman–Crippen MR) is 126 cm³/mol. The van der Waals surface area contributed by atoms with Crippen LogP contribution in [0.4, 0.5) is 5.69 Å². The van der Waals surface area contributed by atoms with Crippen LogP contribution in [-0.2, 0) is 19.6 Å². The van der Waals surface area contributed by atoms with Gasteiger partial charge in [0.05, 0.1) is 16.5 Å². The molecule has 2 fully saturated rings. The molecular weight excluding hydrogens is 442 g/mol. The van der Waals surface area contributed by atoms with Crippen LogP contribution in [0.1, 0.15) is 64.4 Å². The van der Waals surface area contributed by atoms with E-state index in [0.717, 1.165) is 32.2 Å². The topological polar surface area (TPSA) is 96.0 Å². The van der Waals surface area contributed by atoms with Crippen molar-refractivity contribution in [3.05, 3.63) is 17.7 Å². The van der Waals surface area contributed by atoms with Crippen molar-refractivity contribution in [2.24, 2.45) is 5.92 Å². The second kappa shape index (κ2) is 9.62. The monoisotopic (exact) mass is 477 g/mol. The number of nitrogens with zero attached hydrogens (tertiary/aromatic N) is 2. The van der Waals surface area contributed by atoms with Crippen molar-refractivity contribution < 1.29 is 22.7 Å². The molecule has 8 nitrogen and oxygen atoms in total. The van der Waals surface area contributed by atoms with Crippen molar-refractivity contribution in [2.75, 3.05) is 25.0 Å². The average molecular weight is 478 g/mol. The molecule has 182 valence electrons. The highest BCUT2D eigenvalue weighted by atomic mass is 32.2. The number of anilines is 1. The van der Waals surface area contributed by atoms with E-state index in [2.05, 4.69) is 12.2 Å². The number of piperidine rings is 2. The van der Waals surface area contributed by atoms with Gasteiger partial charge in [0.25, 0.3) is 5.91 Å². The van der Waals surface area contributed by atoms with Crippen molar-refractivity contribution in [3.63, 3.8) is 0 Å². The summed E-state index contributed by atoms with van der Waals surface area (Å²) in [7, 11) is -3.81. The van der Waals surface area contributed by atoms with Gasteiger partial charge in [-0.1, -0.05) is 13.8 Å². The fraction of sp³-hybridized carbons (Fsp3) is 0.667. The number of carbonyl (C=O) groups is 2. The summed E-state index contributed by atoms with van der Waals surface area (Å²) in [5.41, 5.74) is 1.03. The van der Waals surface area contributed by atoms with Crippen LogP contribution in [0, 0.1) is 12.8 Å². The van der Waals surface area contributed by atoms with Gasteiger partial charge in [-0.05, 0) is 63.5 Å². The third kappa shape index (κ3) is 4.62. The van der Waals surface area contributed by atoms with Gasteiger partial charge in [0.15, 0.2) is 6.10 Å². The molecule has 3 aliphatic heterocycles. The van der Waals surface area contributed by atoms with Gasteiger partial charge in [0.1, 0.15) is 5.75 Å². The highest BCUT2D eigenvalue weighted by Gasteiger charge is 2.38. The number of nitrogens with one attached hydrogen (secondary N) is 1. The first-order valence-corrected chi connectivity index (χ1v) is 13.6. The van der Waals surface area contributed by atoms with Gasteiger partial charge in [-0.25, -0.2) is 8.42 Å². The van der Waals surface area contributed by atoms with Gasteiger partial charge in [0.2, 0.25) is 15.9 Å². The maximum Gasteiger partial charge on any atom is 0.265 e. The van der Waals surface area contributed by atoms with Gasteiger partial charge < -0.3 is 15.0 Å². The van der Waals surface area contributed by atoms with Gasteiger partial charge in [0, 0.05) is 31.7 Å². The molecule has 0 bridgehead atoms. The summed E-state index contributed by atoms with van der Waals surface area (Å²) in [5.74, 6) is -0.0612. The number of ether oxygens (including phenoxy) is 1. The van der Waals surface area contributed by atoms with Crippen molar-refractivity contribution in [1.29, 1.82) is 0 Å². The predicted octanol–water partition coefficient (Wildman–Crippen LogP) is 3.30. The number of fused-ring (bicyclic) bond motifs is 1. The SMILES string of the molecule is CC[C@@H]1CCCCN1C(=O)[C@H]1CCCN(S(=O)(=O)c2cc3c(cc2C)NC(=O)[C@H](CC)O3)C1. The molecule has 9 heteroatoms. The zero-order chi connectivity index (χ0) is 23.8. The van der Waals surface area contributed by atoms with Crippen molar-refractivity contribution in [2.45, 2.75) is 82.8 Å². The number of sulfonamides is 1. The molecule has 0 aliphatic carbocycles. The Kier molecular flexibility index (Phi) is 7.00. The first-order chi connectivity index (χ1) is 15.8. The van der Waals surface area contributed by atoms with Gasteiger partial charge in [-0.15, -0.1) is 0 Å². The second-order valence-corrected chi connectivity index (χ2v) is 11.3. The van der Waals surface area contributed by atoms with Crippen LogP contribution < -0.4 is 10.1 Å². The summed E-state index contributed by atoms with van der Waals surface area (Å²) in [6.07, 6.45) is 5.36. The first-order valence-electron chi connectivity index (χ1n) is 12.2. The number of carbonyl (C=O) groups excluding carboxylic acids is 2. The van der Waals surface area contributed by atoms with E-state index in [1.54, 1.807) is 13.0 Å². The molecule has 0 aromatic heterocycles. The summed E-state index contributed by atoms with van der Waals surface area (Å²) in [5, 5.41) is 2.81.